The molecule has 1 aromatic rings. The summed E-state index contributed by atoms with van der Waals surface area (Å²) < 4.78 is 16.6. The number of carbonyl (C=O) groups excluding carboxylic acids is 3. The van der Waals surface area contributed by atoms with Crippen LogP contribution in [0.1, 0.15) is 41.5 Å². The molecule has 0 radical (unpaired) electrons. The summed E-state index contributed by atoms with van der Waals surface area (Å²) in [6.07, 6.45) is 0.558. The fourth-order valence-electron chi connectivity index (χ4n) is 1.85. The highest BCUT2D eigenvalue weighted by Gasteiger charge is 2.41. The Bertz CT molecular complexity index is 602. The molecule has 0 aliphatic carbocycles. The van der Waals surface area contributed by atoms with E-state index < -0.39 is 35.4 Å². The Hall–Kier alpha value is -2.65. The van der Waals surface area contributed by atoms with Gasteiger partial charge in [-0.3, -0.25) is 4.68 Å². The maximum atomic E-state index is 12.6. The van der Waals surface area contributed by atoms with Gasteiger partial charge in [-0.15, -0.1) is 0 Å². The predicted octanol–water partition coefficient (Wildman–Crippen LogP) is 1.99. The number of carbonyl (C=O) groups is 3. The van der Waals surface area contributed by atoms with E-state index in [0.29, 0.717) is 4.90 Å². The van der Waals surface area contributed by atoms with Crippen LogP contribution in [0.15, 0.2) is 12.7 Å². The minimum Gasteiger partial charge on any atom is -0.467 e. The second-order valence-electron chi connectivity index (χ2n) is 7.49. The van der Waals surface area contributed by atoms with E-state index in [9.17, 15) is 14.4 Å². The lowest BCUT2D eigenvalue weighted by Crippen LogP contribution is -2.53. The fraction of sp³-hybridized carbons (Fsp3) is 0.688. The van der Waals surface area contributed by atoms with Gasteiger partial charge in [0.25, 0.3) is 0 Å². The summed E-state index contributed by atoms with van der Waals surface area (Å²) in [7, 11) is 1.15. The summed E-state index contributed by atoms with van der Waals surface area (Å²) in [5.41, 5.74) is -1.77. The second-order valence-corrected chi connectivity index (χ2v) is 7.49. The number of ether oxygens (including phenoxy) is 3. The van der Waals surface area contributed by atoms with Gasteiger partial charge >= 0.3 is 18.2 Å². The molecule has 0 unspecified atom stereocenters. The largest absolute Gasteiger partial charge is 0.467 e. The molecule has 0 bridgehead atoms. The summed E-state index contributed by atoms with van der Waals surface area (Å²) >= 11 is 0. The third-order valence-electron chi connectivity index (χ3n) is 2.79. The van der Waals surface area contributed by atoms with Crippen LogP contribution in [-0.2, 0) is 25.5 Å². The summed E-state index contributed by atoms with van der Waals surface area (Å²) in [5.74, 6) is -0.822. The van der Waals surface area contributed by atoms with Crippen LogP contribution >= 0.6 is 0 Å². The number of nitrogens with zero attached hydrogens (tertiary/aromatic N) is 4. The van der Waals surface area contributed by atoms with Crippen molar-refractivity contribution in [1.82, 2.24) is 19.7 Å². The average Bonchev–Trinajstić information content (AvgIpc) is 2.94. The molecule has 0 aliphatic rings. The molecule has 26 heavy (non-hydrogen) atoms. The van der Waals surface area contributed by atoms with Crippen LogP contribution < -0.4 is 0 Å². The number of rotatable bonds is 4. The molecule has 0 aromatic carbocycles. The summed E-state index contributed by atoms with van der Waals surface area (Å²) in [6.45, 7) is 9.69. The molecular weight excluding hydrogens is 344 g/mol. The van der Waals surface area contributed by atoms with Gasteiger partial charge in [-0.1, -0.05) is 0 Å². The second kappa shape index (κ2) is 8.15. The molecule has 10 nitrogen and oxygen atoms in total. The molecule has 10 heteroatoms. The molecule has 2 amide bonds. The number of amides is 2. The lowest BCUT2D eigenvalue weighted by Gasteiger charge is -2.32. The predicted molar refractivity (Wildman–Crippen MR) is 90.1 cm³/mol. The highest BCUT2D eigenvalue weighted by atomic mass is 16.6. The Morgan fingerprint density at radius 2 is 1.54 bits per heavy atom. The Labute approximate surface area is 152 Å². The van der Waals surface area contributed by atoms with E-state index in [0.717, 1.165) is 7.11 Å². The number of esters is 1. The quantitative estimate of drug-likeness (QED) is 0.584. The zero-order chi connectivity index (χ0) is 20.1. The van der Waals surface area contributed by atoms with Gasteiger partial charge in [0.1, 0.15) is 23.9 Å². The highest BCUT2D eigenvalue weighted by molar-refractivity contribution is 5.94. The van der Waals surface area contributed by atoms with Gasteiger partial charge in [-0.2, -0.15) is 10.00 Å². The topological polar surface area (TPSA) is 113 Å². The standard InChI is InChI=1S/C16H26N4O6/c1-15(2,3)25-13(22)20(14(23)26-16(4,5)6)11(12(21)24-7)8-19-10-17-9-18-19/h9-11H,8H2,1-7H3/t11-/m0/s1. The van der Waals surface area contributed by atoms with Crippen LogP contribution in [0.25, 0.3) is 0 Å². The molecular formula is C16H26N4O6. The summed E-state index contributed by atoms with van der Waals surface area (Å²) in [5, 5.41) is 3.89. The first-order valence-electron chi connectivity index (χ1n) is 7.99. The van der Waals surface area contributed by atoms with Crippen molar-refractivity contribution >= 4 is 18.2 Å². The number of aromatic nitrogens is 3. The van der Waals surface area contributed by atoms with Crippen LogP contribution in [0.4, 0.5) is 9.59 Å². The first-order valence-corrected chi connectivity index (χ1v) is 7.99. The van der Waals surface area contributed by atoms with Gasteiger partial charge in [0, 0.05) is 0 Å². The molecule has 146 valence electrons. The Kier molecular flexibility index (Phi) is 6.71. The van der Waals surface area contributed by atoms with Crippen molar-refractivity contribution in [2.75, 3.05) is 7.11 Å². The van der Waals surface area contributed by atoms with Crippen molar-refractivity contribution in [1.29, 1.82) is 0 Å². The van der Waals surface area contributed by atoms with Gasteiger partial charge in [-0.05, 0) is 41.5 Å². The van der Waals surface area contributed by atoms with Gasteiger partial charge in [0.2, 0.25) is 0 Å². The van der Waals surface area contributed by atoms with Gasteiger partial charge in [0.15, 0.2) is 6.04 Å². The number of hydrogen-bond donors (Lipinski definition) is 0. The normalized spacial score (nSPS) is 12.9. The van der Waals surface area contributed by atoms with Crippen molar-refractivity contribution in [3.05, 3.63) is 12.7 Å². The molecule has 1 aromatic heterocycles. The third kappa shape index (κ3) is 6.69. The average molecular weight is 370 g/mol. The van der Waals surface area contributed by atoms with Crippen molar-refractivity contribution in [3.63, 3.8) is 0 Å². The molecule has 1 atom stereocenters. The Morgan fingerprint density at radius 1 is 1.04 bits per heavy atom. The number of hydrogen-bond acceptors (Lipinski definition) is 8. The molecule has 0 N–H and O–H groups in total. The van der Waals surface area contributed by atoms with Gasteiger partial charge in [-0.25, -0.2) is 19.4 Å². The molecule has 0 saturated heterocycles. The van der Waals surface area contributed by atoms with E-state index in [1.165, 1.54) is 17.3 Å². The van der Waals surface area contributed by atoms with Crippen molar-refractivity contribution < 1.29 is 28.6 Å². The van der Waals surface area contributed by atoms with E-state index in [-0.39, 0.29) is 6.54 Å². The van der Waals surface area contributed by atoms with E-state index >= 15 is 0 Å². The Morgan fingerprint density at radius 3 is 1.88 bits per heavy atom. The van der Waals surface area contributed by atoms with Gasteiger partial charge in [0.05, 0.1) is 13.7 Å². The molecule has 1 heterocycles. The molecule has 0 fully saturated rings. The maximum Gasteiger partial charge on any atom is 0.420 e. The first kappa shape index (κ1) is 21.4. The minimum absolute atomic E-state index is 0.162. The van der Waals surface area contributed by atoms with Crippen LogP contribution in [0.3, 0.4) is 0 Å². The van der Waals surface area contributed by atoms with E-state index in [4.69, 9.17) is 14.2 Å². The smallest absolute Gasteiger partial charge is 0.420 e. The van der Waals surface area contributed by atoms with Crippen molar-refractivity contribution in [3.8, 4) is 0 Å². The Balaban J connectivity index is 3.24. The van der Waals surface area contributed by atoms with Crippen LogP contribution in [0, 0.1) is 0 Å². The van der Waals surface area contributed by atoms with Crippen molar-refractivity contribution in [2.24, 2.45) is 0 Å². The summed E-state index contributed by atoms with van der Waals surface area (Å²) in [4.78, 5) is 41.9. The van der Waals surface area contributed by atoms with Crippen LogP contribution in [0.5, 0.6) is 0 Å². The van der Waals surface area contributed by atoms with Gasteiger partial charge < -0.3 is 14.2 Å². The minimum atomic E-state index is -1.34. The van der Waals surface area contributed by atoms with Crippen molar-refractivity contribution in [2.45, 2.75) is 65.3 Å². The third-order valence-corrected chi connectivity index (χ3v) is 2.79. The first-order chi connectivity index (χ1) is 11.8. The van der Waals surface area contributed by atoms with E-state index in [2.05, 4.69) is 10.1 Å². The lowest BCUT2D eigenvalue weighted by molar-refractivity contribution is -0.147. The SMILES string of the molecule is COC(=O)[C@H](Cn1cncn1)N(C(=O)OC(C)(C)C)C(=O)OC(C)(C)C. The lowest BCUT2D eigenvalue weighted by atomic mass is 10.2. The molecule has 0 aliphatic heterocycles. The monoisotopic (exact) mass is 370 g/mol. The van der Waals surface area contributed by atoms with Crippen LogP contribution in [0.2, 0.25) is 0 Å². The van der Waals surface area contributed by atoms with E-state index in [1.807, 2.05) is 0 Å². The van der Waals surface area contributed by atoms with E-state index in [1.54, 1.807) is 41.5 Å². The number of methoxy groups -OCH3 is 1. The molecule has 0 saturated carbocycles. The maximum absolute atomic E-state index is 12.6. The molecule has 0 spiro atoms. The van der Waals surface area contributed by atoms with Crippen LogP contribution in [-0.4, -0.2) is 62.2 Å². The number of imide groups is 1. The molecule has 1 rings (SSSR count). The fourth-order valence-corrected chi connectivity index (χ4v) is 1.85. The zero-order valence-electron chi connectivity index (χ0n) is 16.2. The highest BCUT2D eigenvalue weighted by Crippen LogP contribution is 2.18. The summed E-state index contributed by atoms with van der Waals surface area (Å²) in [6, 6.07) is -1.34. The zero-order valence-corrected chi connectivity index (χ0v) is 16.2.